The molecule has 0 aliphatic carbocycles. The summed E-state index contributed by atoms with van der Waals surface area (Å²) in [6.45, 7) is 8.66. The molecular weight excluding hydrogens is 504 g/mol. The van der Waals surface area contributed by atoms with E-state index in [0.29, 0.717) is 22.9 Å². The molecule has 0 bridgehead atoms. The van der Waals surface area contributed by atoms with Crippen LogP contribution in [0.5, 0.6) is 17.2 Å². The molecule has 1 aliphatic heterocycles. The second-order valence-electron chi connectivity index (χ2n) is 10.2. The van der Waals surface area contributed by atoms with Crippen molar-refractivity contribution in [1.29, 1.82) is 0 Å². The summed E-state index contributed by atoms with van der Waals surface area (Å²) in [7, 11) is -2.45. The lowest BCUT2D eigenvalue weighted by Crippen LogP contribution is -2.51. The Labute approximate surface area is 224 Å². The van der Waals surface area contributed by atoms with Gasteiger partial charge in [0.05, 0.1) is 30.8 Å². The van der Waals surface area contributed by atoms with E-state index < -0.39 is 22.0 Å². The lowest BCUT2D eigenvalue weighted by atomic mass is 9.87. The monoisotopic (exact) mass is 538 g/mol. The molecule has 0 saturated carbocycles. The van der Waals surface area contributed by atoms with Crippen molar-refractivity contribution in [2.75, 3.05) is 31.1 Å². The molecule has 1 amide bonds. The Kier molecular flexibility index (Phi) is 7.87. The number of nitrogens with zero attached hydrogens (tertiary/aromatic N) is 1. The molecule has 0 radical (unpaired) electrons. The molecule has 0 unspecified atom stereocenters. The molecule has 1 N–H and O–H groups in total. The highest BCUT2D eigenvalue weighted by Gasteiger charge is 2.37. The second kappa shape index (κ2) is 10.9. The largest absolute Gasteiger partial charge is 0.497 e. The van der Waals surface area contributed by atoms with Crippen molar-refractivity contribution in [2.24, 2.45) is 0 Å². The number of methoxy groups -OCH3 is 1. The molecule has 0 spiro atoms. The first-order valence-corrected chi connectivity index (χ1v) is 13.9. The van der Waals surface area contributed by atoms with E-state index in [-0.39, 0.29) is 30.0 Å². The fraction of sp³-hybridized carbons (Fsp3) is 0.345. The van der Waals surface area contributed by atoms with Crippen LogP contribution >= 0.6 is 0 Å². The Morgan fingerprint density at radius 1 is 1.03 bits per heavy atom. The molecule has 0 fully saturated rings. The van der Waals surface area contributed by atoms with Gasteiger partial charge >= 0.3 is 0 Å². The van der Waals surface area contributed by atoms with E-state index in [0.717, 1.165) is 5.56 Å². The van der Waals surface area contributed by atoms with Crippen molar-refractivity contribution in [3.8, 4) is 17.2 Å². The SMILES string of the molecule is COc1ccc(S(=O)(=O)N2C[C@@H](C(=O)NCCOc3ccc(C(C)(C)C)cc3)Oc3cc(C)ccc32)cc1. The summed E-state index contributed by atoms with van der Waals surface area (Å²) in [5.74, 6) is 1.18. The summed E-state index contributed by atoms with van der Waals surface area (Å²) in [4.78, 5) is 13.1. The Morgan fingerprint density at radius 2 is 1.68 bits per heavy atom. The molecule has 1 atom stereocenters. The standard InChI is InChI=1S/C29H34N2O6S/c1-20-6-15-25-26(18-20)37-27(19-31(25)38(33,34)24-13-11-22(35-5)12-14-24)28(32)30-16-17-36-23-9-7-21(8-10-23)29(2,3)4/h6-15,18,27H,16-17,19H2,1-5H3,(H,30,32)/t27-/m0/s1. The van der Waals surface area contributed by atoms with E-state index in [4.69, 9.17) is 14.2 Å². The van der Waals surface area contributed by atoms with Gasteiger partial charge in [-0.3, -0.25) is 9.10 Å². The first-order valence-electron chi connectivity index (χ1n) is 12.4. The van der Waals surface area contributed by atoms with Crippen molar-refractivity contribution in [3.63, 3.8) is 0 Å². The maximum Gasteiger partial charge on any atom is 0.264 e. The Balaban J connectivity index is 1.44. The zero-order chi connectivity index (χ0) is 27.5. The van der Waals surface area contributed by atoms with Gasteiger partial charge in [0.1, 0.15) is 23.9 Å². The number of anilines is 1. The molecule has 202 valence electrons. The van der Waals surface area contributed by atoms with E-state index in [1.807, 2.05) is 37.3 Å². The summed E-state index contributed by atoms with van der Waals surface area (Å²) >= 11 is 0. The molecule has 0 aromatic heterocycles. The quantitative estimate of drug-likeness (QED) is 0.426. The normalized spacial score (nSPS) is 15.3. The number of hydrogen-bond acceptors (Lipinski definition) is 6. The van der Waals surface area contributed by atoms with Crippen molar-refractivity contribution in [3.05, 3.63) is 77.9 Å². The zero-order valence-electron chi connectivity index (χ0n) is 22.4. The minimum Gasteiger partial charge on any atom is -0.497 e. The Hall–Kier alpha value is -3.72. The fourth-order valence-corrected chi connectivity index (χ4v) is 5.58. The van der Waals surface area contributed by atoms with Crippen LogP contribution in [0.2, 0.25) is 0 Å². The Morgan fingerprint density at radius 3 is 2.32 bits per heavy atom. The summed E-state index contributed by atoms with van der Waals surface area (Å²) in [5, 5.41) is 2.80. The number of ether oxygens (including phenoxy) is 3. The first-order chi connectivity index (χ1) is 18.0. The van der Waals surface area contributed by atoms with Gasteiger partial charge in [-0.1, -0.05) is 39.0 Å². The molecule has 3 aromatic carbocycles. The van der Waals surface area contributed by atoms with Crippen molar-refractivity contribution in [2.45, 2.75) is 44.1 Å². The van der Waals surface area contributed by atoms with Gasteiger partial charge in [0.15, 0.2) is 6.10 Å². The molecule has 4 rings (SSSR count). The fourth-order valence-electron chi connectivity index (χ4n) is 4.11. The zero-order valence-corrected chi connectivity index (χ0v) is 23.2. The number of fused-ring (bicyclic) bond motifs is 1. The van der Waals surface area contributed by atoms with Crippen molar-refractivity contribution < 1.29 is 27.4 Å². The van der Waals surface area contributed by atoms with Gasteiger partial charge in [0.2, 0.25) is 0 Å². The summed E-state index contributed by atoms with van der Waals surface area (Å²) < 4.78 is 45.3. The number of aryl methyl sites for hydroxylation is 1. The van der Waals surface area contributed by atoms with E-state index in [2.05, 4.69) is 26.1 Å². The molecule has 38 heavy (non-hydrogen) atoms. The highest BCUT2D eigenvalue weighted by molar-refractivity contribution is 7.92. The van der Waals surface area contributed by atoms with E-state index in [9.17, 15) is 13.2 Å². The highest BCUT2D eigenvalue weighted by Crippen LogP contribution is 2.38. The average molecular weight is 539 g/mol. The predicted molar refractivity (Wildman–Crippen MR) is 147 cm³/mol. The summed E-state index contributed by atoms with van der Waals surface area (Å²) in [6, 6.07) is 19.3. The number of rotatable bonds is 8. The van der Waals surface area contributed by atoms with Crippen LogP contribution in [0.3, 0.4) is 0 Å². The second-order valence-corrected chi connectivity index (χ2v) is 12.1. The van der Waals surface area contributed by atoms with Gasteiger partial charge in [-0.2, -0.15) is 0 Å². The lowest BCUT2D eigenvalue weighted by Gasteiger charge is -2.35. The highest BCUT2D eigenvalue weighted by atomic mass is 32.2. The topological polar surface area (TPSA) is 94.2 Å². The smallest absolute Gasteiger partial charge is 0.264 e. The number of nitrogens with one attached hydrogen (secondary N) is 1. The predicted octanol–water partition coefficient (Wildman–Crippen LogP) is 4.45. The third kappa shape index (κ3) is 6.05. The van der Waals surface area contributed by atoms with Crippen LogP contribution in [0.25, 0.3) is 0 Å². The van der Waals surface area contributed by atoms with Gasteiger partial charge in [-0.05, 0) is 72.0 Å². The number of sulfonamides is 1. The van der Waals surface area contributed by atoms with Crippen LogP contribution in [0.1, 0.15) is 31.9 Å². The number of hydrogen-bond donors (Lipinski definition) is 1. The molecule has 0 saturated heterocycles. The van der Waals surface area contributed by atoms with Crippen LogP contribution in [-0.4, -0.2) is 47.2 Å². The van der Waals surface area contributed by atoms with Gasteiger partial charge in [0.25, 0.3) is 15.9 Å². The third-order valence-electron chi connectivity index (χ3n) is 6.32. The Bertz CT molecular complexity index is 1380. The van der Waals surface area contributed by atoms with E-state index >= 15 is 0 Å². The van der Waals surface area contributed by atoms with E-state index in [1.54, 1.807) is 24.3 Å². The minimum absolute atomic E-state index is 0.0540. The van der Waals surface area contributed by atoms with Crippen LogP contribution in [0.15, 0.2) is 71.6 Å². The van der Waals surface area contributed by atoms with Crippen molar-refractivity contribution in [1.82, 2.24) is 5.32 Å². The van der Waals surface area contributed by atoms with Crippen LogP contribution in [0.4, 0.5) is 5.69 Å². The summed E-state index contributed by atoms with van der Waals surface area (Å²) in [6.07, 6.45) is -1.02. The lowest BCUT2D eigenvalue weighted by molar-refractivity contribution is -0.127. The molecule has 1 heterocycles. The summed E-state index contributed by atoms with van der Waals surface area (Å²) in [5.41, 5.74) is 2.53. The van der Waals surface area contributed by atoms with E-state index in [1.165, 1.54) is 29.1 Å². The first kappa shape index (κ1) is 27.3. The maximum atomic E-state index is 13.6. The van der Waals surface area contributed by atoms with Crippen LogP contribution in [0, 0.1) is 6.92 Å². The minimum atomic E-state index is -3.96. The van der Waals surface area contributed by atoms with Crippen LogP contribution in [-0.2, 0) is 20.2 Å². The van der Waals surface area contributed by atoms with Gasteiger partial charge < -0.3 is 19.5 Å². The molecule has 3 aromatic rings. The number of carbonyl (C=O) groups is 1. The maximum absolute atomic E-state index is 13.6. The number of carbonyl (C=O) groups excluding carboxylic acids is 1. The molecule has 8 nitrogen and oxygen atoms in total. The molecule has 9 heteroatoms. The molecule has 1 aliphatic rings. The van der Waals surface area contributed by atoms with Gasteiger partial charge in [-0.15, -0.1) is 0 Å². The van der Waals surface area contributed by atoms with Crippen molar-refractivity contribution >= 4 is 21.6 Å². The number of amides is 1. The molecular formula is C29H34N2O6S. The average Bonchev–Trinajstić information content (AvgIpc) is 2.89. The third-order valence-corrected chi connectivity index (χ3v) is 8.11. The van der Waals surface area contributed by atoms with Gasteiger partial charge in [0, 0.05) is 0 Å². The van der Waals surface area contributed by atoms with Gasteiger partial charge in [-0.25, -0.2) is 8.42 Å². The number of benzene rings is 3. The van der Waals surface area contributed by atoms with Crippen LogP contribution < -0.4 is 23.8 Å².